The number of nitrogens with one attached hydrogen (secondary N) is 1. The summed E-state index contributed by atoms with van der Waals surface area (Å²) in [6.45, 7) is 1.70. The second-order valence-corrected chi connectivity index (χ2v) is 7.86. The van der Waals surface area contributed by atoms with E-state index in [0.29, 0.717) is 31.7 Å². The number of carboxylic acid groups (broad SMARTS) is 1. The Kier molecular flexibility index (Phi) is 5.88. The van der Waals surface area contributed by atoms with Gasteiger partial charge in [0.15, 0.2) is 11.6 Å². The average Bonchev–Trinajstić information content (AvgIpc) is 2.77. The van der Waals surface area contributed by atoms with Gasteiger partial charge in [-0.1, -0.05) is 12.1 Å². The van der Waals surface area contributed by atoms with E-state index in [1.165, 1.54) is 12.4 Å². The van der Waals surface area contributed by atoms with Gasteiger partial charge >= 0.3 is 5.97 Å². The first kappa shape index (κ1) is 20.8. The number of nitrogens with zero attached hydrogens (tertiary/aromatic N) is 4. The number of hydrogen-bond acceptors (Lipinski definition) is 7. The Morgan fingerprint density at radius 2 is 1.97 bits per heavy atom. The lowest BCUT2D eigenvalue weighted by Gasteiger charge is -2.43. The summed E-state index contributed by atoms with van der Waals surface area (Å²) in [5.74, 6) is -1.79. The summed E-state index contributed by atoms with van der Waals surface area (Å²) < 4.78 is 14.4. The van der Waals surface area contributed by atoms with Crippen LogP contribution >= 0.6 is 0 Å². The fraction of sp³-hybridized carbons (Fsp3) is 0.429. The molecule has 3 heterocycles. The van der Waals surface area contributed by atoms with Crippen LogP contribution in [0.25, 0.3) is 0 Å². The summed E-state index contributed by atoms with van der Waals surface area (Å²) in [5.41, 5.74) is 6.15. The molecule has 1 aromatic carbocycles. The van der Waals surface area contributed by atoms with Crippen molar-refractivity contribution in [1.82, 2.24) is 14.9 Å². The van der Waals surface area contributed by atoms with Crippen LogP contribution in [0, 0.1) is 5.82 Å². The van der Waals surface area contributed by atoms with Crippen LogP contribution in [0.15, 0.2) is 30.6 Å². The molecular formula is C21H25FN6O3. The molecule has 2 aromatic rings. The van der Waals surface area contributed by atoms with Gasteiger partial charge in [-0.15, -0.1) is 0 Å². The molecule has 4 N–H and O–H groups in total. The number of nitrogens with two attached hydrogens (primary N) is 1. The van der Waals surface area contributed by atoms with Crippen molar-refractivity contribution in [2.45, 2.75) is 37.8 Å². The number of aromatic nitrogens is 2. The highest BCUT2D eigenvalue weighted by atomic mass is 19.1. The van der Waals surface area contributed by atoms with Crippen LogP contribution in [-0.2, 0) is 4.79 Å². The minimum atomic E-state index is -1.04. The van der Waals surface area contributed by atoms with Gasteiger partial charge < -0.3 is 26.0 Å². The Hall–Kier alpha value is -3.43. The van der Waals surface area contributed by atoms with Gasteiger partial charge in [0, 0.05) is 31.4 Å². The molecule has 1 amide bonds. The van der Waals surface area contributed by atoms with E-state index >= 15 is 0 Å². The van der Waals surface area contributed by atoms with Crippen LogP contribution in [0.1, 0.15) is 36.0 Å². The van der Waals surface area contributed by atoms with Gasteiger partial charge in [0.25, 0.3) is 0 Å². The van der Waals surface area contributed by atoms with Crippen molar-refractivity contribution in [2.75, 3.05) is 35.6 Å². The molecule has 2 aliphatic rings. The molecule has 2 aliphatic heterocycles. The molecule has 0 bridgehead atoms. The van der Waals surface area contributed by atoms with E-state index in [1.807, 2.05) is 9.80 Å². The number of aromatic carboxylic acids is 1. The fourth-order valence-electron chi connectivity index (χ4n) is 4.37. The zero-order valence-electron chi connectivity index (χ0n) is 17.0. The van der Waals surface area contributed by atoms with Gasteiger partial charge in [0.05, 0.1) is 5.56 Å². The van der Waals surface area contributed by atoms with Crippen LogP contribution in [0.2, 0.25) is 0 Å². The third kappa shape index (κ3) is 4.23. The number of carbonyl (C=O) groups excluding carboxylic acids is 1. The Bertz CT molecular complexity index is 987. The number of carboxylic acids is 1. The van der Waals surface area contributed by atoms with Crippen molar-refractivity contribution < 1.29 is 19.1 Å². The molecule has 2 saturated heterocycles. The van der Waals surface area contributed by atoms with Gasteiger partial charge in [0.2, 0.25) is 11.7 Å². The second-order valence-electron chi connectivity index (χ2n) is 7.86. The molecule has 0 radical (unpaired) electrons. The highest BCUT2D eigenvalue weighted by Gasteiger charge is 2.36. The molecular weight excluding hydrogens is 403 g/mol. The molecule has 10 heteroatoms. The number of piperidine rings is 2. The number of anilines is 3. The summed E-state index contributed by atoms with van der Waals surface area (Å²) in [6, 6.07) is 5.98. The smallest absolute Gasteiger partial charge is 0.337 e. The monoisotopic (exact) mass is 428 g/mol. The number of nitrogen functional groups attached to an aromatic ring is 1. The lowest BCUT2D eigenvalue weighted by atomic mass is 9.97. The van der Waals surface area contributed by atoms with E-state index in [0.717, 1.165) is 19.3 Å². The topological polar surface area (TPSA) is 125 Å². The Morgan fingerprint density at radius 3 is 2.77 bits per heavy atom. The number of halogens is 1. The lowest BCUT2D eigenvalue weighted by molar-refractivity contribution is -0.137. The number of para-hydroxylation sites is 1. The number of rotatable bonds is 5. The molecule has 0 spiro atoms. The third-order valence-electron chi connectivity index (χ3n) is 5.90. The maximum absolute atomic E-state index is 14.4. The first-order chi connectivity index (χ1) is 15.0. The minimum absolute atomic E-state index is 0.0686. The molecule has 2 unspecified atom stereocenters. The van der Waals surface area contributed by atoms with Crippen molar-refractivity contribution in [1.29, 1.82) is 0 Å². The Balaban J connectivity index is 1.49. The number of hydrogen-bond donors (Lipinski definition) is 3. The van der Waals surface area contributed by atoms with Crippen molar-refractivity contribution in [3.05, 3.63) is 42.0 Å². The van der Waals surface area contributed by atoms with Crippen LogP contribution in [0.5, 0.6) is 0 Å². The summed E-state index contributed by atoms with van der Waals surface area (Å²) in [6.07, 6.45) is 4.25. The molecule has 31 heavy (non-hydrogen) atoms. The summed E-state index contributed by atoms with van der Waals surface area (Å²) in [7, 11) is 0. The Labute approximate surface area is 179 Å². The molecule has 0 saturated carbocycles. The zero-order valence-corrected chi connectivity index (χ0v) is 17.0. The number of amides is 1. The van der Waals surface area contributed by atoms with Gasteiger partial charge in [-0.2, -0.15) is 4.39 Å². The number of carbonyl (C=O) groups is 2. The maximum Gasteiger partial charge on any atom is 0.337 e. The quantitative estimate of drug-likeness (QED) is 0.660. The van der Waals surface area contributed by atoms with Crippen LogP contribution in [0.3, 0.4) is 0 Å². The van der Waals surface area contributed by atoms with E-state index in [4.69, 9.17) is 5.73 Å². The molecule has 2 fully saturated rings. The van der Waals surface area contributed by atoms with Gasteiger partial charge in [-0.05, 0) is 37.8 Å². The molecule has 1 aromatic heterocycles. The van der Waals surface area contributed by atoms with Gasteiger partial charge in [-0.25, -0.2) is 14.8 Å². The zero-order chi connectivity index (χ0) is 22.0. The Morgan fingerprint density at radius 1 is 1.19 bits per heavy atom. The molecule has 164 valence electrons. The molecule has 2 atom stereocenters. The third-order valence-corrected chi connectivity index (χ3v) is 5.90. The van der Waals surface area contributed by atoms with Crippen LogP contribution < -0.4 is 16.0 Å². The summed E-state index contributed by atoms with van der Waals surface area (Å²) >= 11 is 0. The summed E-state index contributed by atoms with van der Waals surface area (Å²) in [4.78, 5) is 36.1. The van der Waals surface area contributed by atoms with Crippen molar-refractivity contribution >= 4 is 29.2 Å². The minimum Gasteiger partial charge on any atom is -0.478 e. The molecule has 9 nitrogen and oxygen atoms in total. The van der Waals surface area contributed by atoms with Gasteiger partial charge in [-0.3, -0.25) is 4.79 Å². The van der Waals surface area contributed by atoms with Crippen molar-refractivity contribution in [3.63, 3.8) is 0 Å². The summed E-state index contributed by atoms with van der Waals surface area (Å²) in [5, 5.41) is 12.5. The van der Waals surface area contributed by atoms with Crippen LogP contribution in [0.4, 0.5) is 21.7 Å². The van der Waals surface area contributed by atoms with Crippen molar-refractivity contribution in [3.8, 4) is 0 Å². The predicted octanol–water partition coefficient (Wildman–Crippen LogP) is 1.97. The normalized spacial score (nSPS) is 21.8. The lowest BCUT2D eigenvalue weighted by Crippen LogP contribution is -2.56. The largest absolute Gasteiger partial charge is 0.478 e. The van der Waals surface area contributed by atoms with E-state index in [9.17, 15) is 19.1 Å². The maximum atomic E-state index is 14.4. The molecule has 4 rings (SSSR count). The standard InChI is InChI=1S/C21H25FN6O3/c22-17-18(23)24-12-25-19(17)27-9-3-5-13(11-27)28-10-4-8-16(20(28)29)26-15-7-2-1-6-14(15)21(30)31/h1-2,6-7,12-13,16,26H,3-5,8-11H2,(H,30,31)(H2,23,24,25). The first-order valence-corrected chi connectivity index (χ1v) is 10.4. The highest BCUT2D eigenvalue weighted by Crippen LogP contribution is 2.28. The second kappa shape index (κ2) is 8.75. The number of benzene rings is 1. The fourth-order valence-corrected chi connectivity index (χ4v) is 4.37. The van der Waals surface area contributed by atoms with E-state index in [2.05, 4.69) is 15.3 Å². The van der Waals surface area contributed by atoms with E-state index in [1.54, 1.807) is 18.2 Å². The van der Waals surface area contributed by atoms with E-state index in [-0.39, 0.29) is 29.1 Å². The van der Waals surface area contributed by atoms with Gasteiger partial charge in [0.1, 0.15) is 12.4 Å². The highest BCUT2D eigenvalue weighted by molar-refractivity contribution is 5.95. The number of likely N-dealkylation sites (tertiary alicyclic amines) is 1. The van der Waals surface area contributed by atoms with Crippen LogP contribution in [-0.4, -0.2) is 63.6 Å². The SMILES string of the molecule is Nc1ncnc(N2CCCC(N3CCCC(Nc4ccccc4C(=O)O)C3=O)C2)c1F. The average molecular weight is 428 g/mol. The first-order valence-electron chi connectivity index (χ1n) is 10.4. The molecule has 0 aliphatic carbocycles. The van der Waals surface area contributed by atoms with Crippen molar-refractivity contribution in [2.24, 2.45) is 0 Å². The van der Waals surface area contributed by atoms with E-state index < -0.39 is 17.8 Å². The predicted molar refractivity (Wildman–Crippen MR) is 113 cm³/mol.